The molecule has 1 aliphatic carbocycles. The van der Waals surface area contributed by atoms with E-state index in [1.807, 2.05) is 0 Å². The quantitative estimate of drug-likeness (QED) is 0.310. The second-order valence-corrected chi connectivity index (χ2v) is 6.21. The first-order valence-electron chi connectivity index (χ1n) is 7.34. The molecule has 3 fully saturated rings. The highest BCUT2D eigenvalue weighted by molar-refractivity contribution is 5.91. The van der Waals surface area contributed by atoms with Crippen molar-refractivity contribution in [3.63, 3.8) is 0 Å². The number of methoxy groups -OCH3 is 1. The molecule has 7 atom stereocenters. The molecule has 0 aromatic rings. The summed E-state index contributed by atoms with van der Waals surface area (Å²) in [5.74, 6) is -3.73. The fraction of sp³-hybridized carbons (Fsp3) is 0.600. The molecule has 0 radical (unpaired) electrons. The van der Waals surface area contributed by atoms with Crippen LogP contribution in [0.3, 0.4) is 0 Å². The fourth-order valence-electron chi connectivity index (χ4n) is 4.13. The van der Waals surface area contributed by atoms with Crippen LogP contribution in [0.2, 0.25) is 0 Å². The molecular formula is C15H16O8. The largest absolute Gasteiger partial charge is 0.481 e. The van der Waals surface area contributed by atoms with Crippen molar-refractivity contribution in [2.75, 3.05) is 7.11 Å². The summed E-state index contributed by atoms with van der Waals surface area (Å²) in [4.78, 5) is 24.3. The minimum atomic E-state index is -1.10. The molecule has 7 unspecified atom stereocenters. The van der Waals surface area contributed by atoms with Gasteiger partial charge in [0.15, 0.2) is 5.60 Å². The number of hydrogen-bond acceptors (Lipinski definition) is 8. The summed E-state index contributed by atoms with van der Waals surface area (Å²) in [6.45, 7) is 1.49. The van der Waals surface area contributed by atoms with Gasteiger partial charge in [-0.25, -0.2) is 4.79 Å². The normalized spacial score (nSPS) is 46.8. The van der Waals surface area contributed by atoms with Crippen LogP contribution in [0.15, 0.2) is 23.7 Å². The topological polar surface area (TPSA) is 112 Å². The van der Waals surface area contributed by atoms with Crippen LogP contribution >= 0.6 is 0 Å². The van der Waals surface area contributed by atoms with Gasteiger partial charge in [-0.15, -0.1) is 0 Å². The zero-order chi connectivity index (χ0) is 16.5. The molecular weight excluding hydrogens is 308 g/mol. The number of rotatable bonds is 2. The Bertz CT molecular complexity index is 650. The number of hydrogen-bond donors (Lipinski definition) is 2. The SMILES string of the molecule is CO/C(O)=C1\C(=O)OC2OC3C(C(C)O)C(=O)OC34C=CC1C24. The number of ether oxygens (including phenoxy) is 4. The van der Waals surface area contributed by atoms with E-state index in [-0.39, 0.29) is 5.57 Å². The first-order valence-corrected chi connectivity index (χ1v) is 7.34. The van der Waals surface area contributed by atoms with Gasteiger partial charge in [0, 0.05) is 5.92 Å². The van der Waals surface area contributed by atoms with Crippen LogP contribution in [0.25, 0.3) is 0 Å². The fourth-order valence-corrected chi connectivity index (χ4v) is 4.13. The van der Waals surface area contributed by atoms with E-state index >= 15 is 0 Å². The summed E-state index contributed by atoms with van der Waals surface area (Å²) in [5.41, 5.74) is -1.13. The van der Waals surface area contributed by atoms with Crippen LogP contribution in [-0.2, 0) is 28.5 Å². The van der Waals surface area contributed by atoms with Gasteiger partial charge >= 0.3 is 11.9 Å². The maximum atomic E-state index is 12.1. The van der Waals surface area contributed by atoms with Crippen molar-refractivity contribution in [3.8, 4) is 0 Å². The Hall–Kier alpha value is -2.06. The Morgan fingerprint density at radius 1 is 1.43 bits per heavy atom. The molecule has 0 amide bonds. The number of carbonyl (C=O) groups is 2. The third-order valence-corrected chi connectivity index (χ3v) is 5.09. The van der Waals surface area contributed by atoms with E-state index < -0.39 is 59.7 Å². The smallest absolute Gasteiger partial charge is 0.344 e. The number of aliphatic hydroxyl groups excluding tert-OH is 2. The van der Waals surface area contributed by atoms with Gasteiger partial charge in [-0.2, -0.15) is 0 Å². The minimum absolute atomic E-state index is 0.0253. The highest BCUT2D eigenvalue weighted by Crippen LogP contribution is 2.59. The van der Waals surface area contributed by atoms with Gasteiger partial charge in [-0.1, -0.05) is 6.08 Å². The third-order valence-electron chi connectivity index (χ3n) is 5.09. The molecule has 8 nitrogen and oxygen atoms in total. The summed E-state index contributed by atoms with van der Waals surface area (Å²) in [7, 11) is 1.24. The van der Waals surface area contributed by atoms with Gasteiger partial charge in [0.2, 0.25) is 6.29 Å². The van der Waals surface area contributed by atoms with E-state index in [4.69, 9.17) is 18.9 Å². The van der Waals surface area contributed by atoms with Gasteiger partial charge in [-0.3, -0.25) is 4.79 Å². The lowest BCUT2D eigenvalue weighted by atomic mass is 9.76. The average molecular weight is 324 g/mol. The predicted molar refractivity (Wildman–Crippen MR) is 71.5 cm³/mol. The third kappa shape index (κ3) is 1.62. The Labute approximate surface area is 131 Å². The standard InChI is InChI=1S/C15H16O8/c1-5(16)7-10-15(23-13(7)19)4-3-6-8(11(17)20-2)12(18)22-14(21-10)9(6)15/h3-7,9-10,14,16-17H,1-2H3/b11-8-. The number of carbonyl (C=O) groups excluding carboxylic acids is 2. The highest BCUT2D eigenvalue weighted by atomic mass is 16.7. The molecule has 3 saturated heterocycles. The monoisotopic (exact) mass is 324 g/mol. The number of esters is 2. The van der Waals surface area contributed by atoms with Crippen LogP contribution in [-0.4, -0.2) is 53.4 Å². The molecule has 3 heterocycles. The lowest BCUT2D eigenvalue weighted by Gasteiger charge is -2.33. The Balaban J connectivity index is 1.79. The Kier molecular flexibility index (Phi) is 2.83. The van der Waals surface area contributed by atoms with Crippen LogP contribution in [0.4, 0.5) is 0 Å². The van der Waals surface area contributed by atoms with E-state index in [0.29, 0.717) is 0 Å². The lowest BCUT2D eigenvalue weighted by Crippen LogP contribution is -2.46. The molecule has 0 saturated carbocycles. The molecule has 0 bridgehead atoms. The minimum Gasteiger partial charge on any atom is -0.481 e. The van der Waals surface area contributed by atoms with Gasteiger partial charge in [0.05, 0.1) is 19.1 Å². The van der Waals surface area contributed by atoms with Gasteiger partial charge in [0.1, 0.15) is 17.6 Å². The predicted octanol–water partition coefficient (Wildman–Crippen LogP) is -0.221. The lowest BCUT2D eigenvalue weighted by molar-refractivity contribution is -0.194. The van der Waals surface area contributed by atoms with Gasteiger partial charge in [-0.05, 0) is 13.0 Å². The second-order valence-electron chi connectivity index (χ2n) is 6.21. The zero-order valence-corrected chi connectivity index (χ0v) is 12.5. The molecule has 3 aliphatic heterocycles. The van der Waals surface area contributed by atoms with Crippen molar-refractivity contribution in [3.05, 3.63) is 23.7 Å². The van der Waals surface area contributed by atoms with E-state index in [1.54, 1.807) is 12.2 Å². The zero-order valence-electron chi connectivity index (χ0n) is 12.5. The average Bonchev–Trinajstić information content (AvgIpc) is 3.06. The van der Waals surface area contributed by atoms with Crippen LogP contribution in [0.5, 0.6) is 0 Å². The van der Waals surface area contributed by atoms with Crippen molar-refractivity contribution in [2.45, 2.75) is 31.0 Å². The number of aliphatic hydroxyl groups is 2. The maximum Gasteiger partial charge on any atom is 0.344 e. The summed E-state index contributed by atoms with van der Waals surface area (Å²) < 4.78 is 21.3. The molecule has 23 heavy (non-hydrogen) atoms. The molecule has 2 N–H and O–H groups in total. The summed E-state index contributed by atoms with van der Waals surface area (Å²) in [6, 6.07) is 0. The van der Waals surface area contributed by atoms with Crippen molar-refractivity contribution in [2.24, 2.45) is 17.8 Å². The van der Waals surface area contributed by atoms with E-state index in [1.165, 1.54) is 14.0 Å². The molecule has 4 rings (SSSR count). The molecule has 1 spiro atoms. The summed E-state index contributed by atoms with van der Waals surface area (Å²) in [6.07, 6.45) is 0.740. The number of allylic oxidation sites excluding steroid dienone is 1. The van der Waals surface area contributed by atoms with Gasteiger partial charge in [0.25, 0.3) is 5.95 Å². The van der Waals surface area contributed by atoms with E-state index in [0.717, 1.165) is 0 Å². The summed E-state index contributed by atoms with van der Waals surface area (Å²) >= 11 is 0. The molecule has 0 aromatic carbocycles. The highest BCUT2D eigenvalue weighted by Gasteiger charge is 2.73. The first kappa shape index (κ1) is 14.5. The van der Waals surface area contributed by atoms with Crippen molar-refractivity contribution in [1.82, 2.24) is 0 Å². The Morgan fingerprint density at radius 3 is 2.83 bits per heavy atom. The second kappa shape index (κ2) is 4.48. The van der Waals surface area contributed by atoms with Crippen molar-refractivity contribution in [1.29, 1.82) is 0 Å². The van der Waals surface area contributed by atoms with Crippen LogP contribution in [0, 0.1) is 17.8 Å². The molecule has 0 aromatic heterocycles. The van der Waals surface area contributed by atoms with Crippen molar-refractivity contribution < 1.29 is 38.7 Å². The van der Waals surface area contributed by atoms with E-state index in [2.05, 4.69) is 0 Å². The summed E-state index contributed by atoms with van der Waals surface area (Å²) in [5, 5.41) is 19.7. The van der Waals surface area contributed by atoms with Crippen molar-refractivity contribution >= 4 is 11.9 Å². The van der Waals surface area contributed by atoms with Crippen LogP contribution < -0.4 is 0 Å². The molecule has 4 aliphatic rings. The molecule has 8 heteroatoms. The van der Waals surface area contributed by atoms with Crippen LogP contribution in [0.1, 0.15) is 6.92 Å². The van der Waals surface area contributed by atoms with Gasteiger partial charge < -0.3 is 29.2 Å². The Morgan fingerprint density at radius 2 is 2.17 bits per heavy atom. The molecule has 124 valence electrons. The van der Waals surface area contributed by atoms with E-state index in [9.17, 15) is 19.8 Å². The first-order chi connectivity index (χ1) is 10.9. The maximum absolute atomic E-state index is 12.1.